The van der Waals surface area contributed by atoms with Gasteiger partial charge in [0.1, 0.15) is 29.1 Å². The molecule has 2 aromatic rings. The number of benzene rings is 1. The monoisotopic (exact) mass is 314 g/mol. The molecule has 5 nitrogen and oxygen atoms in total. The molecular weight excluding hydrogens is 303 g/mol. The van der Waals surface area contributed by atoms with Crippen molar-refractivity contribution in [2.75, 3.05) is 26.4 Å². The van der Waals surface area contributed by atoms with E-state index in [0.29, 0.717) is 48.2 Å². The number of rotatable bonds is 3. The van der Waals surface area contributed by atoms with Crippen LogP contribution in [0.5, 0.6) is 5.75 Å². The molecule has 1 aromatic carbocycles. The van der Waals surface area contributed by atoms with Crippen LogP contribution in [0.4, 0.5) is 0 Å². The predicted molar refractivity (Wildman–Crippen MR) is 75.6 cm³/mol. The van der Waals surface area contributed by atoms with E-state index in [0.717, 1.165) is 0 Å². The van der Waals surface area contributed by atoms with Gasteiger partial charge in [0.15, 0.2) is 0 Å². The Morgan fingerprint density at radius 1 is 1.25 bits per heavy atom. The van der Waals surface area contributed by atoms with E-state index in [1.165, 1.54) is 0 Å². The number of fused-ring (bicyclic) bond motifs is 1. The first kappa shape index (κ1) is 13.8. The lowest BCUT2D eigenvalue weighted by Crippen LogP contribution is -2.33. The molecule has 1 fully saturated rings. The van der Waals surface area contributed by atoms with Crippen LogP contribution in [-0.2, 0) is 9.47 Å². The molecule has 0 amide bonds. The number of halogens is 2. The number of nitrogens with zero attached hydrogens (tertiary/aromatic N) is 2. The van der Waals surface area contributed by atoms with Crippen molar-refractivity contribution < 1.29 is 14.2 Å². The van der Waals surface area contributed by atoms with Gasteiger partial charge in [0.05, 0.1) is 19.8 Å². The summed E-state index contributed by atoms with van der Waals surface area (Å²) in [5, 5.41) is 1.10. The number of para-hydroxylation sites is 1. The van der Waals surface area contributed by atoms with Crippen LogP contribution in [-0.4, -0.2) is 42.5 Å². The second-order valence-corrected chi connectivity index (χ2v) is 5.01. The van der Waals surface area contributed by atoms with Gasteiger partial charge in [-0.05, 0) is 23.7 Å². The molecular formula is C13H12Cl2N2O3. The lowest BCUT2D eigenvalue weighted by atomic mass is 10.2. The average Bonchev–Trinajstić information content (AvgIpc) is 2.46. The maximum Gasteiger partial charge on any atom is 0.224 e. The zero-order chi connectivity index (χ0) is 13.9. The summed E-state index contributed by atoms with van der Waals surface area (Å²) >= 11 is 11.9. The van der Waals surface area contributed by atoms with E-state index in [-0.39, 0.29) is 11.4 Å². The summed E-state index contributed by atoms with van der Waals surface area (Å²) in [6.07, 6.45) is -0.0770. The fourth-order valence-corrected chi connectivity index (χ4v) is 2.44. The van der Waals surface area contributed by atoms with Crippen LogP contribution in [0, 0.1) is 0 Å². The first-order valence-electron chi connectivity index (χ1n) is 6.18. The van der Waals surface area contributed by atoms with Gasteiger partial charge < -0.3 is 14.2 Å². The van der Waals surface area contributed by atoms with Gasteiger partial charge in [0.2, 0.25) is 5.28 Å². The molecule has 0 bridgehead atoms. The lowest BCUT2D eigenvalue weighted by Gasteiger charge is -2.23. The molecule has 0 N–H and O–H groups in total. The Bertz CT molecular complexity index is 618. The highest BCUT2D eigenvalue weighted by Crippen LogP contribution is 2.29. The van der Waals surface area contributed by atoms with Gasteiger partial charge in [-0.15, -0.1) is 0 Å². The summed E-state index contributed by atoms with van der Waals surface area (Å²) in [5.41, 5.74) is 0.592. The molecule has 106 valence electrons. The first-order chi connectivity index (χ1) is 9.74. The molecule has 7 heteroatoms. The molecule has 3 rings (SSSR count). The van der Waals surface area contributed by atoms with E-state index in [1.54, 1.807) is 0 Å². The Morgan fingerprint density at radius 3 is 2.95 bits per heavy atom. The molecule has 0 radical (unpaired) electrons. The Balaban J connectivity index is 1.83. The van der Waals surface area contributed by atoms with E-state index in [9.17, 15) is 0 Å². The molecule has 2 heterocycles. The maximum atomic E-state index is 6.05. The van der Waals surface area contributed by atoms with Gasteiger partial charge in [-0.1, -0.05) is 17.7 Å². The summed E-state index contributed by atoms with van der Waals surface area (Å²) in [4.78, 5) is 8.09. The molecule has 0 aliphatic carbocycles. The Morgan fingerprint density at radius 2 is 2.15 bits per heavy atom. The third-order valence-electron chi connectivity index (χ3n) is 2.93. The highest BCUT2D eigenvalue weighted by molar-refractivity contribution is 6.35. The molecule has 1 unspecified atom stereocenters. The van der Waals surface area contributed by atoms with E-state index < -0.39 is 0 Å². The summed E-state index contributed by atoms with van der Waals surface area (Å²) in [6.45, 7) is 2.13. The third-order valence-corrected chi connectivity index (χ3v) is 3.38. The Hall–Kier alpha value is -1.14. The van der Waals surface area contributed by atoms with Crippen LogP contribution in [0.2, 0.25) is 10.4 Å². The zero-order valence-electron chi connectivity index (χ0n) is 10.5. The number of hydrogen-bond acceptors (Lipinski definition) is 5. The third kappa shape index (κ3) is 2.96. The van der Waals surface area contributed by atoms with Gasteiger partial charge in [0.25, 0.3) is 0 Å². The predicted octanol–water partition coefficient (Wildman–Crippen LogP) is 2.73. The summed E-state index contributed by atoms with van der Waals surface area (Å²) in [7, 11) is 0. The number of ether oxygens (including phenoxy) is 3. The Labute approximate surface area is 125 Å². The topological polar surface area (TPSA) is 53.5 Å². The first-order valence-corrected chi connectivity index (χ1v) is 6.93. The van der Waals surface area contributed by atoms with Crippen LogP contribution < -0.4 is 4.74 Å². The zero-order valence-corrected chi connectivity index (χ0v) is 12.0. The highest BCUT2D eigenvalue weighted by Gasteiger charge is 2.16. The second kappa shape index (κ2) is 6.10. The van der Waals surface area contributed by atoms with Gasteiger partial charge in [-0.25, -0.2) is 9.97 Å². The molecule has 1 aliphatic rings. The molecule has 1 saturated heterocycles. The Kier molecular flexibility index (Phi) is 4.21. The highest BCUT2D eigenvalue weighted by atomic mass is 35.5. The molecule has 0 spiro atoms. The van der Waals surface area contributed by atoms with Crippen LogP contribution in [0.1, 0.15) is 0 Å². The van der Waals surface area contributed by atoms with Gasteiger partial charge in [-0.2, -0.15) is 0 Å². The quantitative estimate of drug-likeness (QED) is 0.644. The fraction of sp³-hybridized carbons (Fsp3) is 0.385. The van der Waals surface area contributed by atoms with Crippen molar-refractivity contribution in [3.63, 3.8) is 0 Å². The SMILES string of the molecule is Clc1nc(Cl)c2cccc(OCC3COCCO3)c2n1. The van der Waals surface area contributed by atoms with E-state index in [2.05, 4.69) is 9.97 Å². The summed E-state index contributed by atoms with van der Waals surface area (Å²) < 4.78 is 16.6. The van der Waals surface area contributed by atoms with Gasteiger partial charge >= 0.3 is 0 Å². The second-order valence-electron chi connectivity index (χ2n) is 4.31. The van der Waals surface area contributed by atoms with E-state index in [1.807, 2.05) is 18.2 Å². The van der Waals surface area contributed by atoms with Crippen molar-refractivity contribution in [3.8, 4) is 5.75 Å². The largest absolute Gasteiger partial charge is 0.488 e. The molecule has 1 aliphatic heterocycles. The number of aromatic nitrogens is 2. The lowest BCUT2D eigenvalue weighted by molar-refractivity contribution is -0.101. The number of hydrogen-bond donors (Lipinski definition) is 0. The minimum atomic E-state index is -0.0770. The molecule has 1 aromatic heterocycles. The fourth-order valence-electron chi connectivity index (χ4n) is 1.99. The average molecular weight is 315 g/mol. The van der Waals surface area contributed by atoms with Crippen molar-refractivity contribution in [2.45, 2.75) is 6.10 Å². The van der Waals surface area contributed by atoms with Crippen LogP contribution in [0.25, 0.3) is 10.9 Å². The minimum Gasteiger partial charge on any atom is -0.488 e. The van der Waals surface area contributed by atoms with Crippen molar-refractivity contribution in [1.82, 2.24) is 9.97 Å². The molecule has 0 saturated carbocycles. The van der Waals surface area contributed by atoms with Gasteiger partial charge in [0, 0.05) is 5.39 Å². The summed E-state index contributed by atoms with van der Waals surface area (Å²) in [6, 6.07) is 5.46. The van der Waals surface area contributed by atoms with E-state index in [4.69, 9.17) is 37.4 Å². The van der Waals surface area contributed by atoms with Crippen LogP contribution in [0.15, 0.2) is 18.2 Å². The van der Waals surface area contributed by atoms with Crippen molar-refractivity contribution in [2.24, 2.45) is 0 Å². The smallest absolute Gasteiger partial charge is 0.224 e. The van der Waals surface area contributed by atoms with Crippen molar-refractivity contribution >= 4 is 34.1 Å². The van der Waals surface area contributed by atoms with Crippen LogP contribution in [0.3, 0.4) is 0 Å². The molecule has 1 atom stereocenters. The van der Waals surface area contributed by atoms with Gasteiger partial charge in [-0.3, -0.25) is 0 Å². The van der Waals surface area contributed by atoms with E-state index >= 15 is 0 Å². The standard InChI is InChI=1S/C13H12Cl2N2O3/c14-12-9-2-1-3-10(11(9)16-13(15)17-12)20-7-8-6-18-4-5-19-8/h1-3,8H,4-7H2. The van der Waals surface area contributed by atoms with Crippen molar-refractivity contribution in [1.29, 1.82) is 0 Å². The minimum absolute atomic E-state index is 0.0770. The normalized spacial score (nSPS) is 19.2. The summed E-state index contributed by atoms with van der Waals surface area (Å²) in [5.74, 6) is 0.600. The van der Waals surface area contributed by atoms with Crippen LogP contribution >= 0.6 is 23.2 Å². The maximum absolute atomic E-state index is 6.05. The molecule has 20 heavy (non-hydrogen) atoms. The van der Waals surface area contributed by atoms with Crippen molar-refractivity contribution in [3.05, 3.63) is 28.6 Å².